The summed E-state index contributed by atoms with van der Waals surface area (Å²) in [6, 6.07) is 0.621. The number of hydrogen-bond acceptors (Lipinski definition) is 3. The molecule has 2 saturated heterocycles. The number of carbonyl (C=O) groups is 1. The first-order chi connectivity index (χ1) is 7.09. The van der Waals surface area contributed by atoms with Crippen LogP contribution in [0.3, 0.4) is 0 Å². The molecule has 4 nitrogen and oxygen atoms in total. The molecule has 3 atom stereocenters. The van der Waals surface area contributed by atoms with Crippen LogP contribution in [0.5, 0.6) is 0 Å². The molecule has 0 aromatic carbocycles. The van der Waals surface area contributed by atoms with Gasteiger partial charge in [0.15, 0.2) is 0 Å². The fraction of sp³-hybridized carbons (Fsp3) is 0.909. The third kappa shape index (κ3) is 2.01. The molecule has 0 aromatic rings. The first-order valence-corrected chi connectivity index (χ1v) is 5.82. The number of carboxylic acids is 1. The van der Waals surface area contributed by atoms with E-state index >= 15 is 0 Å². The van der Waals surface area contributed by atoms with E-state index in [1.807, 2.05) is 0 Å². The molecule has 0 spiro atoms. The third-order valence-corrected chi connectivity index (χ3v) is 3.84. The molecule has 2 rings (SSSR count). The summed E-state index contributed by atoms with van der Waals surface area (Å²) in [7, 11) is 0. The maximum Gasteiger partial charge on any atom is 0.320 e. The van der Waals surface area contributed by atoms with Gasteiger partial charge in [0.2, 0.25) is 0 Å². The number of hydrogen-bond donors (Lipinski definition) is 1. The Balaban J connectivity index is 2.03. The number of carboxylic acid groups (broad SMARTS) is 1. The summed E-state index contributed by atoms with van der Waals surface area (Å²) in [5, 5.41) is 9.04. The van der Waals surface area contributed by atoms with Crippen LogP contribution in [0.25, 0.3) is 0 Å². The molecular formula is C11H20N2O2. The zero-order chi connectivity index (χ0) is 11.0. The molecule has 2 fully saturated rings. The van der Waals surface area contributed by atoms with Gasteiger partial charge in [-0.15, -0.1) is 0 Å². The molecule has 2 heterocycles. The van der Waals surface area contributed by atoms with Gasteiger partial charge in [0, 0.05) is 25.2 Å². The van der Waals surface area contributed by atoms with Gasteiger partial charge in [0.05, 0.1) is 0 Å². The second-order valence-electron chi connectivity index (χ2n) is 4.85. The van der Waals surface area contributed by atoms with Crippen LogP contribution in [0.15, 0.2) is 0 Å². The molecule has 2 aliphatic rings. The summed E-state index contributed by atoms with van der Waals surface area (Å²) in [5.74, 6) is -0.701. The molecule has 15 heavy (non-hydrogen) atoms. The van der Waals surface area contributed by atoms with Crippen LogP contribution < -0.4 is 0 Å². The standard InChI is InChI=1S/C11H20N2O2/c1-8-6-12-5-3-4-10(12)7-13(8)9(2)11(14)15/h8-10H,3-7H2,1-2H3,(H,14,15). The molecule has 0 amide bonds. The quantitative estimate of drug-likeness (QED) is 0.729. The Labute approximate surface area is 90.9 Å². The fourth-order valence-corrected chi connectivity index (χ4v) is 2.89. The lowest BCUT2D eigenvalue weighted by molar-refractivity contribution is -0.145. The van der Waals surface area contributed by atoms with Crippen LogP contribution in [-0.2, 0) is 4.79 Å². The van der Waals surface area contributed by atoms with Crippen molar-refractivity contribution in [3.8, 4) is 0 Å². The Morgan fingerprint density at radius 2 is 2.20 bits per heavy atom. The Morgan fingerprint density at radius 3 is 2.87 bits per heavy atom. The molecular weight excluding hydrogens is 192 g/mol. The monoisotopic (exact) mass is 212 g/mol. The second-order valence-corrected chi connectivity index (χ2v) is 4.85. The van der Waals surface area contributed by atoms with Crippen molar-refractivity contribution in [1.29, 1.82) is 0 Å². The van der Waals surface area contributed by atoms with E-state index in [0.29, 0.717) is 12.1 Å². The minimum atomic E-state index is -0.701. The predicted octanol–water partition coefficient (Wildman–Crippen LogP) is 0.628. The smallest absolute Gasteiger partial charge is 0.320 e. The molecule has 0 aliphatic carbocycles. The second kappa shape index (κ2) is 4.10. The summed E-state index contributed by atoms with van der Waals surface area (Å²) in [4.78, 5) is 15.6. The van der Waals surface area contributed by atoms with Crippen molar-refractivity contribution in [3.63, 3.8) is 0 Å². The number of fused-ring (bicyclic) bond motifs is 1. The molecule has 4 heteroatoms. The van der Waals surface area contributed by atoms with E-state index in [4.69, 9.17) is 5.11 Å². The zero-order valence-corrected chi connectivity index (χ0v) is 9.52. The normalized spacial score (nSPS) is 35.1. The molecule has 0 radical (unpaired) electrons. The molecule has 3 unspecified atom stereocenters. The molecule has 0 bridgehead atoms. The fourth-order valence-electron chi connectivity index (χ4n) is 2.89. The van der Waals surface area contributed by atoms with E-state index in [9.17, 15) is 4.79 Å². The molecule has 0 saturated carbocycles. The molecule has 1 N–H and O–H groups in total. The van der Waals surface area contributed by atoms with Gasteiger partial charge in [0.25, 0.3) is 0 Å². The zero-order valence-electron chi connectivity index (χ0n) is 9.52. The van der Waals surface area contributed by atoms with Gasteiger partial charge in [-0.2, -0.15) is 0 Å². The molecule has 0 aromatic heterocycles. The van der Waals surface area contributed by atoms with Gasteiger partial charge in [-0.1, -0.05) is 0 Å². The highest BCUT2D eigenvalue weighted by molar-refractivity contribution is 5.73. The Kier molecular flexibility index (Phi) is 2.98. The number of aliphatic carboxylic acids is 1. The van der Waals surface area contributed by atoms with Crippen LogP contribution in [0.4, 0.5) is 0 Å². The van der Waals surface area contributed by atoms with Gasteiger partial charge >= 0.3 is 5.97 Å². The summed E-state index contributed by atoms with van der Waals surface area (Å²) < 4.78 is 0. The van der Waals surface area contributed by atoms with Crippen molar-refractivity contribution in [2.75, 3.05) is 19.6 Å². The average molecular weight is 212 g/mol. The third-order valence-electron chi connectivity index (χ3n) is 3.84. The summed E-state index contributed by atoms with van der Waals surface area (Å²) >= 11 is 0. The largest absolute Gasteiger partial charge is 0.480 e. The Bertz CT molecular complexity index is 257. The number of nitrogens with zero attached hydrogens (tertiary/aromatic N) is 2. The topological polar surface area (TPSA) is 43.8 Å². The Morgan fingerprint density at radius 1 is 1.47 bits per heavy atom. The van der Waals surface area contributed by atoms with Crippen LogP contribution in [0, 0.1) is 0 Å². The SMILES string of the molecule is CC1CN2CCCC2CN1C(C)C(=O)O. The highest BCUT2D eigenvalue weighted by Crippen LogP contribution is 2.25. The van der Waals surface area contributed by atoms with Gasteiger partial charge < -0.3 is 5.11 Å². The number of rotatable bonds is 2. The van der Waals surface area contributed by atoms with E-state index in [1.54, 1.807) is 6.92 Å². The van der Waals surface area contributed by atoms with Gasteiger partial charge in [0.1, 0.15) is 6.04 Å². The van der Waals surface area contributed by atoms with Crippen LogP contribution in [0.2, 0.25) is 0 Å². The van der Waals surface area contributed by atoms with Crippen molar-refractivity contribution in [3.05, 3.63) is 0 Å². The van der Waals surface area contributed by atoms with E-state index < -0.39 is 5.97 Å². The van der Waals surface area contributed by atoms with Gasteiger partial charge in [-0.25, -0.2) is 0 Å². The Hall–Kier alpha value is -0.610. The highest BCUT2D eigenvalue weighted by Gasteiger charge is 2.37. The first kappa shape index (κ1) is 10.9. The maximum absolute atomic E-state index is 11.0. The van der Waals surface area contributed by atoms with Gasteiger partial charge in [-0.3, -0.25) is 14.6 Å². The van der Waals surface area contributed by atoms with Crippen LogP contribution in [-0.4, -0.2) is 58.6 Å². The lowest BCUT2D eigenvalue weighted by atomic mass is 10.1. The van der Waals surface area contributed by atoms with E-state index in [-0.39, 0.29) is 6.04 Å². The highest BCUT2D eigenvalue weighted by atomic mass is 16.4. The summed E-state index contributed by atoms with van der Waals surface area (Å²) in [5.41, 5.74) is 0. The minimum absolute atomic E-state index is 0.345. The summed E-state index contributed by atoms with van der Waals surface area (Å²) in [6.07, 6.45) is 2.50. The predicted molar refractivity (Wildman–Crippen MR) is 57.9 cm³/mol. The van der Waals surface area contributed by atoms with E-state index in [2.05, 4.69) is 16.7 Å². The first-order valence-electron chi connectivity index (χ1n) is 5.82. The lowest BCUT2D eigenvalue weighted by Crippen LogP contribution is -2.58. The van der Waals surface area contributed by atoms with Crippen LogP contribution >= 0.6 is 0 Å². The van der Waals surface area contributed by atoms with Crippen molar-refractivity contribution >= 4 is 5.97 Å². The van der Waals surface area contributed by atoms with Crippen LogP contribution in [0.1, 0.15) is 26.7 Å². The maximum atomic E-state index is 11.0. The van der Waals surface area contributed by atoms with E-state index in [0.717, 1.165) is 13.1 Å². The van der Waals surface area contributed by atoms with Crippen molar-refractivity contribution < 1.29 is 9.90 Å². The van der Waals surface area contributed by atoms with Crippen molar-refractivity contribution in [1.82, 2.24) is 9.80 Å². The van der Waals surface area contributed by atoms with Gasteiger partial charge in [-0.05, 0) is 33.2 Å². The molecule has 2 aliphatic heterocycles. The van der Waals surface area contributed by atoms with Crippen molar-refractivity contribution in [2.45, 2.75) is 44.8 Å². The minimum Gasteiger partial charge on any atom is -0.480 e. The average Bonchev–Trinajstić information content (AvgIpc) is 2.62. The van der Waals surface area contributed by atoms with Crippen molar-refractivity contribution in [2.24, 2.45) is 0 Å². The summed E-state index contributed by atoms with van der Waals surface area (Å²) in [6.45, 7) is 7.08. The van der Waals surface area contributed by atoms with E-state index in [1.165, 1.54) is 19.4 Å². The molecule has 86 valence electrons. The lowest BCUT2D eigenvalue weighted by Gasteiger charge is -2.43. The number of piperazine rings is 1.